The number of hydrogen-bond acceptors (Lipinski definition) is 3. The van der Waals surface area contributed by atoms with Crippen LogP contribution < -0.4 is 10.2 Å². The maximum absolute atomic E-state index is 12.3. The zero-order chi connectivity index (χ0) is 15.9. The number of amides is 1. The zero-order valence-electron chi connectivity index (χ0n) is 14.1. The summed E-state index contributed by atoms with van der Waals surface area (Å²) >= 11 is 0. The first-order chi connectivity index (χ1) is 11.3. The maximum Gasteiger partial charge on any atom is 0.238 e. The molecule has 2 saturated heterocycles. The van der Waals surface area contributed by atoms with Gasteiger partial charge in [-0.15, -0.1) is 0 Å². The Bertz CT molecular complexity index is 486. The summed E-state index contributed by atoms with van der Waals surface area (Å²) in [5.41, 5.74) is 2.18. The Balaban J connectivity index is 1.48. The number of anilines is 2. The molecular weight excluding hydrogens is 286 g/mol. The normalized spacial score (nSPS) is 20.1. The molecule has 1 N–H and O–H groups in total. The van der Waals surface area contributed by atoms with E-state index < -0.39 is 0 Å². The topological polar surface area (TPSA) is 35.6 Å². The first-order valence-electron chi connectivity index (χ1n) is 9.18. The molecule has 1 amide bonds. The van der Waals surface area contributed by atoms with Gasteiger partial charge < -0.3 is 10.2 Å². The summed E-state index contributed by atoms with van der Waals surface area (Å²) in [4.78, 5) is 17.0. The second kappa shape index (κ2) is 8.34. The molecule has 2 heterocycles. The molecule has 0 atom stereocenters. The summed E-state index contributed by atoms with van der Waals surface area (Å²) in [7, 11) is 0. The lowest BCUT2D eigenvalue weighted by Crippen LogP contribution is -2.35. The fourth-order valence-electron chi connectivity index (χ4n) is 3.61. The van der Waals surface area contributed by atoms with Crippen LogP contribution in [-0.2, 0) is 4.79 Å². The summed E-state index contributed by atoms with van der Waals surface area (Å²) in [6, 6.07) is 8.30. The van der Waals surface area contributed by atoms with Crippen molar-refractivity contribution in [1.29, 1.82) is 0 Å². The minimum absolute atomic E-state index is 0.111. The van der Waals surface area contributed by atoms with Gasteiger partial charge in [0.2, 0.25) is 5.91 Å². The van der Waals surface area contributed by atoms with E-state index in [9.17, 15) is 4.79 Å². The van der Waals surface area contributed by atoms with E-state index in [-0.39, 0.29) is 5.91 Å². The predicted molar refractivity (Wildman–Crippen MR) is 96.0 cm³/mol. The van der Waals surface area contributed by atoms with Gasteiger partial charge in [0.25, 0.3) is 0 Å². The third-order valence-electron chi connectivity index (χ3n) is 4.94. The van der Waals surface area contributed by atoms with Crippen LogP contribution in [0.25, 0.3) is 0 Å². The Morgan fingerprint density at radius 1 is 0.826 bits per heavy atom. The van der Waals surface area contributed by atoms with Crippen LogP contribution in [0.3, 0.4) is 0 Å². The molecule has 0 bridgehead atoms. The predicted octanol–water partition coefficient (Wildman–Crippen LogP) is 3.49. The highest BCUT2D eigenvalue weighted by molar-refractivity contribution is 5.92. The van der Waals surface area contributed by atoms with Crippen LogP contribution in [0.15, 0.2) is 24.3 Å². The van der Waals surface area contributed by atoms with Gasteiger partial charge in [-0.05, 0) is 63.0 Å². The van der Waals surface area contributed by atoms with Crippen LogP contribution in [0.1, 0.15) is 44.9 Å². The van der Waals surface area contributed by atoms with Gasteiger partial charge in [0.1, 0.15) is 0 Å². The third kappa shape index (κ3) is 4.96. The molecule has 1 aromatic carbocycles. The van der Waals surface area contributed by atoms with E-state index >= 15 is 0 Å². The Hall–Kier alpha value is -1.55. The van der Waals surface area contributed by atoms with E-state index in [0.717, 1.165) is 31.9 Å². The van der Waals surface area contributed by atoms with Gasteiger partial charge >= 0.3 is 0 Å². The quantitative estimate of drug-likeness (QED) is 0.924. The number of benzene rings is 1. The first-order valence-corrected chi connectivity index (χ1v) is 9.18. The van der Waals surface area contributed by atoms with E-state index in [1.807, 2.05) is 12.1 Å². The van der Waals surface area contributed by atoms with Crippen molar-refractivity contribution in [3.8, 4) is 0 Å². The van der Waals surface area contributed by atoms with E-state index in [1.165, 1.54) is 50.6 Å². The number of likely N-dealkylation sites (tertiary alicyclic amines) is 1. The highest BCUT2D eigenvalue weighted by atomic mass is 16.2. The molecule has 3 rings (SSSR count). The van der Waals surface area contributed by atoms with Crippen molar-refractivity contribution in [3.63, 3.8) is 0 Å². The summed E-state index contributed by atoms with van der Waals surface area (Å²) in [5.74, 6) is 0.111. The van der Waals surface area contributed by atoms with Gasteiger partial charge in [0.15, 0.2) is 0 Å². The van der Waals surface area contributed by atoms with Gasteiger partial charge in [0, 0.05) is 24.5 Å². The Kier molecular flexibility index (Phi) is 5.92. The molecule has 23 heavy (non-hydrogen) atoms. The Morgan fingerprint density at radius 2 is 1.39 bits per heavy atom. The second-order valence-corrected chi connectivity index (χ2v) is 6.83. The van der Waals surface area contributed by atoms with Gasteiger partial charge in [-0.3, -0.25) is 9.69 Å². The van der Waals surface area contributed by atoms with E-state index in [1.54, 1.807) is 0 Å². The van der Waals surface area contributed by atoms with Crippen LogP contribution in [0.4, 0.5) is 11.4 Å². The lowest BCUT2D eigenvalue weighted by Gasteiger charge is -2.23. The molecule has 2 fully saturated rings. The molecule has 2 aliphatic heterocycles. The zero-order valence-corrected chi connectivity index (χ0v) is 14.1. The van der Waals surface area contributed by atoms with Gasteiger partial charge in [0.05, 0.1) is 6.54 Å². The molecule has 0 saturated carbocycles. The van der Waals surface area contributed by atoms with Gasteiger partial charge in [-0.2, -0.15) is 0 Å². The molecule has 4 heteroatoms. The average molecular weight is 315 g/mol. The molecule has 0 radical (unpaired) electrons. The molecule has 0 aliphatic carbocycles. The fourth-order valence-corrected chi connectivity index (χ4v) is 3.61. The van der Waals surface area contributed by atoms with Crippen molar-refractivity contribution in [2.45, 2.75) is 44.9 Å². The molecule has 0 aromatic heterocycles. The SMILES string of the molecule is O=C(CN1CCCCCCC1)Nc1ccc(N2CCCC2)cc1. The minimum atomic E-state index is 0.111. The number of nitrogens with one attached hydrogen (secondary N) is 1. The number of rotatable bonds is 4. The van der Waals surface area contributed by atoms with Gasteiger partial charge in [-0.1, -0.05) is 19.3 Å². The Morgan fingerprint density at radius 3 is 2.04 bits per heavy atom. The minimum Gasteiger partial charge on any atom is -0.372 e. The van der Waals surface area contributed by atoms with Crippen molar-refractivity contribution in [3.05, 3.63) is 24.3 Å². The summed E-state index contributed by atoms with van der Waals surface area (Å²) < 4.78 is 0. The largest absolute Gasteiger partial charge is 0.372 e. The molecule has 126 valence electrons. The highest BCUT2D eigenvalue weighted by Crippen LogP contribution is 2.22. The van der Waals surface area contributed by atoms with Crippen molar-refractivity contribution < 1.29 is 4.79 Å². The molecule has 4 nitrogen and oxygen atoms in total. The number of hydrogen-bond donors (Lipinski definition) is 1. The van der Waals surface area contributed by atoms with Crippen LogP contribution in [0.2, 0.25) is 0 Å². The summed E-state index contributed by atoms with van der Waals surface area (Å²) in [6.07, 6.45) is 8.97. The van der Waals surface area contributed by atoms with Crippen LogP contribution in [0, 0.1) is 0 Å². The van der Waals surface area contributed by atoms with E-state index in [4.69, 9.17) is 0 Å². The first kappa shape index (κ1) is 16.3. The van der Waals surface area contributed by atoms with E-state index in [0.29, 0.717) is 6.54 Å². The average Bonchev–Trinajstić information content (AvgIpc) is 3.05. The third-order valence-corrected chi connectivity index (χ3v) is 4.94. The lowest BCUT2D eigenvalue weighted by atomic mass is 10.1. The molecule has 2 aliphatic rings. The molecule has 0 unspecified atom stereocenters. The summed E-state index contributed by atoms with van der Waals surface area (Å²) in [6.45, 7) is 4.94. The van der Waals surface area contributed by atoms with Crippen molar-refractivity contribution in [2.24, 2.45) is 0 Å². The fraction of sp³-hybridized carbons (Fsp3) is 0.632. The lowest BCUT2D eigenvalue weighted by molar-refractivity contribution is -0.117. The van der Waals surface area contributed by atoms with Crippen molar-refractivity contribution in [1.82, 2.24) is 4.90 Å². The standard InChI is InChI=1S/C19H29N3O/c23-19(16-21-12-4-2-1-3-5-13-21)20-17-8-10-18(11-9-17)22-14-6-7-15-22/h8-11H,1-7,12-16H2,(H,20,23). The molecular formula is C19H29N3O. The highest BCUT2D eigenvalue weighted by Gasteiger charge is 2.14. The van der Waals surface area contributed by atoms with Crippen molar-refractivity contribution >= 4 is 17.3 Å². The van der Waals surface area contributed by atoms with Crippen LogP contribution in [-0.4, -0.2) is 43.5 Å². The molecule has 1 aromatic rings. The maximum atomic E-state index is 12.3. The molecule has 0 spiro atoms. The number of nitrogens with zero attached hydrogens (tertiary/aromatic N) is 2. The Labute approximate surface area is 139 Å². The second-order valence-electron chi connectivity index (χ2n) is 6.83. The summed E-state index contributed by atoms with van der Waals surface area (Å²) in [5, 5.41) is 3.04. The number of carbonyl (C=O) groups is 1. The van der Waals surface area contributed by atoms with E-state index in [2.05, 4.69) is 27.2 Å². The van der Waals surface area contributed by atoms with Crippen LogP contribution >= 0.6 is 0 Å². The monoisotopic (exact) mass is 315 g/mol. The number of carbonyl (C=O) groups excluding carboxylic acids is 1. The van der Waals surface area contributed by atoms with Crippen molar-refractivity contribution in [2.75, 3.05) is 42.9 Å². The smallest absolute Gasteiger partial charge is 0.238 e. The van der Waals surface area contributed by atoms with Crippen LogP contribution in [0.5, 0.6) is 0 Å². The van der Waals surface area contributed by atoms with Gasteiger partial charge in [-0.25, -0.2) is 0 Å².